The van der Waals surface area contributed by atoms with Crippen LogP contribution in [0.3, 0.4) is 0 Å². The van der Waals surface area contributed by atoms with E-state index in [0.717, 1.165) is 0 Å². The predicted molar refractivity (Wildman–Crippen MR) is 68.7 cm³/mol. The first kappa shape index (κ1) is 13.9. The molecule has 1 aliphatic rings. The molecule has 1 atom stereocenters. The Balaban J connectivity index is 2.80. The number of imide groups is 1. The van der Waals surface area contributed by atoms with Gasteiger partial charge in [-0.05, 0) is 6.92 Å². The average molecular weight is 329 g/mol. The number of fused-ring (bicyclic) bond motifs is 1. The van der Waals surface area contributed by atoms with Crippen LogP contribution in [-0.4, -0.2) is 28.0 Å². The molecule has 0 aliphatic carbocycles. The summed E-state index contributed by atoms with van der Waals surface area (Å²) in [6, 6.07) is 0. The lowest BCUT2D eigenvalue weighted by atomic mass is 10.1. The number of rotatable bonds is 1. The molecule has 0 spiro atoms. The van der Waals surface area contributed by atoms with Crippen molar-refractivity contribution in [1.82, 2.24) is 4.90 Å². The van der Waals surface area contributed by atoms with Gasteiger partial charge in [-0.15, -0.1) is 0 Å². The summed E-state index contributed by atoms with van der Waals surface area (Å²) in [4.78, 5) is 24.6. The van der Waals surface area contributed by atoms with Crippen molar-refractivity contribution in [1.29, 1.82) is 0 Å². The largest absolute Gasteiger partial charge is 0.373 e. The Bertz CT molecular complexity index is 538. The number of aliphatic hydroxyl groups excluding tert-OH is 1. The van der Waals surface area contributed by atoms with E-state index in [0.29, 0.717) is 4.90 Å². The van der Waals surface area contributed by atoms with Crippen LogP contribution >= 0.6 is 46.4 Å². The molecule has 2 rings (SSSR count). The van der Waals surface area contributed by atoms with Crippen LogP contribution in [0, 0.1) is 0 Å². The Morgan fingerprint density at radius 1 is 0.889 bits per heavy atom. The monoisotopic (exact) mass is 327 g/mol. The second-order valence-corrected chi connectivity index (χ2v) is 5.13. The molecule has 4 nitrogen and oxygen atoms in total. The van der Waals surface area contributed by atoms with Gasteiger partial charge in [-0.25, -0.2) is 4.90 Å². The van der Waals surface area contributed by atoms with Crippen LogP contribution in [0.5, 0.6) is 0 Å². The summed E-state index contributed by atoms with van der Waals surface area (Å²) in [6.45, 7) is 1.27. The third-order valence-electron chi connectivity index (χ3n) is 2.51. The minimum absolute atomic E-state index is 0.101. The predicted octanol–water partition coefficient (Wildman–Crippen LogP) is 3.23. The van der Waals surface area contributed by atoms with Crippen molar-refractivity contribution in [3.63, 3.8) is 0 Å². The summed E-state index contributed by atoms with van der Waals surface area (Å²) >= 11 is 23.4. The number of carbonyl (C=O) groups is 2. The van der Waals surface area contributed by atoms with Crippen LogP contribution in [0.4, 0.5) is 0 Å². The van der Waals surface area contributed by atoms with Crippen molar-refractivity contribution in [2.24, 2.45) is 0 Å². The third kappa shape index (κ3) is 1.72. The number of carbonyl (C=O) groups excluding carboxylic acids is 2. The summed E-state index contributed by atoms with van der Waals surface area (Å²) < 4.78 is 0. The lowest BCUT2D eigenvalue weighted by Crippen LogP contribution is -2.37. The van der Waals surface area contributed by atoms with Crippen molar-refractivity contribution >= 4 is 58.2 Å². The van der Waals surface area contributed by atoms with E-state index in [1.807, 2.05) is 0 Å². The van der Waals surface area contributed by atoms with E-state index in [4.69, 9.17) is 46.4 Å². The first-order chi connectivity index (χ1) is 8.29. The maximum atomic E-state index is 12.0. The van der Waals surface area contributed by atoms with Gasteiger partial charge in [0.05, 0.1) is 31.2 Å². The molecular weight excluding hydrogens is 324 g/mol. The molecule has 1 aromatic rings. The molecular formula is C10H5Cl4NO3. The number of halogens is 4. The molecule has 8 heteroatoms. The van der Waals surface area contributed by atoms with Crippen molar-refractivity contribution in [2.75, 3.05) is 0 Å². The molecule has 1 unspecified atom stereocenters. The minimum Gasteiger partial charge on any atom is -0.373 e. The van der Waals surface area contributed by atoms with Crippen LogP contribution in [0.1, 0.15) is 27.6 Å². The van der Waals surface area contributed by atoms with Crippen LogP contribution < -0.4 is 0 Å². The van der Waals surface area contributed by atoms with Crippen LogP contribution in [-0.2, 0) is 0 Å². The second kappa shape index (κ2) is 4.54. The normalized spacial score (nSPS) is 16.2. The van der Waals surface area contributed by atoms with Crippen molar-refractivity contribution in [2.45, 2.75) is 13.2 Å². The fourth-order valence-electron chi connectivity index (χ4n) is 1.71. The molecule has 0 saturated carbocycles. The molecule has 2 amide bonds. The maximum Gasteiger partial charge on any atom is 0.265 e. The fraction of sp³-hybridized carbons (Fsp3) is 0.200. The fourth-order valence-corrected chi connectivity index (χ4v) is 2.72. The molecule has 1 aliphatic heterocycles. The highest BCUT2D eigenvalue weighted by molar-refractivity contribution is 6.55. The first-order valence-electron chi connectivity index (χ1n) is 4.71. The van der Waals surface area contributed by atoms with Crippen molar-refractivity contribution in [3.8, 4) is 0 Å². The van der Waals surface area contributed by atoms with Gasteiger partial charge in [-0.1, -0.05) is 46.4 Å². The molecule has 96 valence electrons. The summed E-state index contributed by atoms with van der Waals surface area (Å²) in [5.41, 5.74) is -0.274. The standard InChI is InChI=1S/C10H5Cl4NO3/c1-2(16)15-9(17)3-4(10(15)18)6(12)8(14)7(13)5(3)11/h2,16H,1H3. The van der Waals surface area contributed by atoms with E-state index in [9.17, 15) is 14.7 Å². The summed E-state index contributed by atoms with van der Waals surface area (Å²) in [5, 5.41) is 8.91. The number of benzene rings is 1. The van der Waals surface area contributed by atoms with Gasteiger partial charge in [0.2, 0.25) is 0 Å². The molecule has 1 aromatic carbocycles. The van der Waals surface area contributed by atoms with Gasteiger partial charge in [-0.2, -0.15) is 0 Å². The molecule has 1 N–H and O–H groups in total. The van der Waals surface area contributed by atoms with Gasteiger partial charge >= 0.3 is 0 Å². The van der Waals surface area contributed by atoms with Crippen LogP contribution in [0.25, 0.3) is 0 Å². The Labute approximate surface area is 122 Å². The first-order valence-corrected chi connectivity index (χ1v) is 6.22. The number of amides is 2. The van der Waals surface area contributed by atoms with E-state index >= 15 is 0 Å². The van der Waals surface area contributed by atoms with E-state index < -0.39 is 18.0 Å². The summed E-state index contributed by atoms with van der Waals surface area (Å²) in [5.74, 6) is -1.51. The van der Waals surface area contributed by atoms with Crippen LogP contribution in [0.15, 0.2) is 0 Å². The van der Waals surface area contributed by atoms with Gasteiger partial charge in [0.25, 0.3) is 11.8 Å². The average Bonchev–Trinajstić information content (AvgIpc) is 2.55. The van der Waals surface area contributed by atoms with Crippen LogP contribution in [0.2, 0.25) is 20.1 Å². The molecule has 0 fully saturated rings. The quantitative estimate of drug-likeness (QED) is 0.489. The van der Waals surface area contributed by atoms with Gasteiger partial charge in [-0.3, -0.25) is 9.59 Å². The zero-order valence-corrected chi connectivity index (χ0v) is 11.8. The Kier molecular flexibility index (Phi) is 3.51. The number of nitrogens with zero attached hydrogens (tertiary/aromatic N) is 1. The smallest absolute Gasteiger partial charge is 0.265 e. The number of hydrogen-bond donors (Lipinski definition) is 1. The zero-order chi connectivity index (χ0) is 13.8. The Morgan fingerprint density at radius 3 is 1.50 bits per heavy atom. The molecule has 0 radical (unpaired) electrons. The highest BCUT2D eigenvalue weighted by Crippen LogP contribution is 2.44. The van der Waals surface area contributed by atoms with E-state index in [2.05, 4.69) is 0 Å². The Morgan fingerprint density at radius 2 is 1.22 bits per heavy atom. The number of hydrogen-bond acceptors (Lipinski definition) is 3. The molecule has 0 saturated heterocycles. The highest BCUT2D eigenvalue weighted by Gasteiger charge is 2.43. The Hall–Kier alpha value is -0.520. The maximum absolute atomic E-state index is 12.0. The zero-order valence-electron chi connectivity index (χ0n) is 8.80. The van der Waals surface area contributed by atoms with Gasteiger partial charge in [0.1, 0.15) is 6.23 Å². The van der Waals surface area contributed by atoms with E-state index in [1.165, 1.54) is 6.92 Å². The minimum atomic E-state index is -1.30. The van der Waals surface area contributed by atoms with Crippen molar-refractivity contribution < 1.29 is 14.7 Å². The number of aliphatic hydroxyl groups is 1. The molecule has 18 heavy (non-hydrogen) atoms. The lowest BCUT2D eigenvalue weighted by molar-refractivity contribution is 0.0214. The van der Waals surface area contributed by atoms with E-state index in [1.54, 1.807) is 0 Å². The third-order valence-corrected chi connectivity index (χ3v) is 4.31. The lowest BCUT2D eigenvalue weighted by Gasteiger charge is -2.16. The molecule has 1 heterocycles. The molecule has 0 aromatic heterocycles. The van der Waals surface area contributed by atoms with E-state index in [-0.39, 0.29) is 31.2 Å². The van der Waals surface area contributed by atoms with Crippen molar-refractivity contribution in [3.05, 3.63) is 31.2 Å². The topological polar surface area (TPSA) is 57.6 Å². The highest BCUT2D eigenvalue weighted by atomic mass is 35.5. The summed E-state index contributed by atoms with van der Waals surface area (Å²) in [6.07, 6.45) is -1.30. The van der Waals surface area contributed by atoms with Gasteiger partial charge < -0.3 is 5.11 Å². The van der Waals surface area contributed by atoms with Gasteiger partial charge in [0.15, 0.2) is 0 Å². The second-order valence-electron chi connectivity index (χ2n) is 3.62. The SMILES string of the molecule is CC(O)N1C(=O)c2c(Cl)c(Cl)c(Cl)c(Cl)c2C1=O. The molecule has 0 bridgehead atoms. The van der Waals surface area contributed by atoms with Gasteiger partial charge in [0, 0.05) is 0 Å². The summed E-state index contributed by atoms with van der Waals surface area (Å²) in [7, 11) is 0.